The minimum absolute atomic E-state index is 0.00171. The molecule has 1 fully saturated rings. The molecule has 6 nitrogen and oxygen atoms in total. The van der Waals surface area contributed by atoms with Crippen LogP contribution in [0.3, 0.4) is 0 Å². The Hall–Kier alpha value is -2.28. The molecule has 27 heavy (non-hydrogen) atoms. The zero-order valence-electron chi connectivity index (χ0n) is 15.7. The molecule has 0 bridgehead atoms. The zero-order valence-corrected chi connectivity index (χ0v) is 16.5. The van der Waals surface area contributed by atoms with Crippen molar-refractivity contribution in [2.45, 2.75) is 64.2 Å². The van der Waals surface area contributed by atoms with Crippen molar-refractivity contribution < 1.29 is 9.59 Å². The van der Waals surface area contributed by atoms with E-state index in [4.69, 9.17) is 0 Å². The highest BCUT2D eigenvalue weighted by Crippen LogP contribution is 2.35. The van der Waals surface area contributed by atoms with Crippen LogP contribution in [0.4, 0.5) is 10.8 Å². The van der Waals surface area contributed by atoms with Gasteiger partial charge in [0.05, 0.1) is 0 Å². The number of nitrogens with one attached hydrogen (secondary N) is 2. The van der Waals surface area contributed by atoms with Crippen molar-refractivity contribution in [1.82, 2.24) is 10.2 Å². The second kappa shape index (κ2) is 9.60. The Morgan fingerprint density at radius 2 is 1.81 bits per heavy atom. The third-order valence-corrected chi connectivity index (χ3v) is 5.80. The third-order valence-electron chi connectivity index (χ3n) is 4.80. The molecule has 1 aliphatic rings. The standard InChI is InChI=1S/C20H26N4O2S/c1-2-3-9-17(25)21-16-12-10-14(11-13-16)18(26)22-20-24-23-19(27-20)15-7-5-4-6-8-15/h10-13,15H,2-9H2,1H3,(H,21,25)(H,22,24,26). The molecule has 2 aromatic rings. The SMILES string of the molecule is CCCCC(=O)Nc1ccc(C(=O)Nc2nnc(C3CCCCC3)s2)cc1. The monoisotopic (exact) mass is 386 g/mol. The average Bonchev–Trinajstić information content (AvgIpc) is 3.16. The molecule has 0 unspecified atom stereocenters. The Kier molecular flexibility index (Phi) is 6.92. The van der Waals surface area contributed by atoms with Crippen LogP contribution in [0.1, 0.15) is 79.6 Å². The largest absolute Gasteiger partial charge is 0.326 e. The molecule has 0 spiro atoms. The summed E-state index contributed by atoms with van der Waals surface area (Å²) in [5.74, 6) is 0.265. The van der Waals surface area contributed by atoms with Crippen LogP contribution in [-0.2, 0) is 4.79 Å². The van der Waals surface area contributed by atoms with E-state index in [0.717, 1.165) is 30.7 Å². The molecule has 1 aromatic carbocycles. The summed E-state index contributed by atoms with van der Waals surface area (Å²) in [6.07, 6.45) is 8.48. The Bertz CT molecular complexity index is 767. The number of amides is 2. The molecule has 1 heterocycles. The van der Waals surface area contributed by atoms with Crippen molar-refractivity contribution in [3.63, 3.8) is 0 Å². The van der Waals surface area contributed by atoms with Crippen molar-refractivity contribution in [2.75, 3.05) is 10.6 Å². The fraction of sp³-hybridized carbons (Fsp3) is 0.500. The van der Waals surface area contributed by atoms with Crippen LogP contribution in [0.15, 0.2) is 24.3 Å². The number of aromatic nitrogens is 2. The van der Waals surface area contributed by atoms with Gasteiger partial charge in [0.1, 0.15) is 5.01 Å². The molecule has 0 radical (unpaired) electrons. The van der Waals surface area contributed by atoms with Gasteiger partial charge in [-0.05, 0) is 43.5 Å². The van der Waals surface area contributed by atoms with Crippen LogP contribution in [0.5, 0.6) is 0 Å². The number of carbonyl (C=O) groups excluding carboxylic acids is 2. The van der Waals surface area contributed by atoms with E-state index >= 15 is 0 Å². The van der Waals surface area contributed by atoms with Crippen LogP contribution in [0, 0.1) is 0 Å². The van der Waals surface area contributed by atoms with Crippen LogP contribution in [-0.4, -0.2) is 22.0 Å². The Balaban J connectivity index is 1.55. The quantitative estimate of drug-likeness (QED) is 0.704. The summed E-state index contributed by atoms with van der Waals surface area (Å²) in [5.41, 5.74) is 1.22. The van der Waals surface area contributed by atoms with Crippen molar-refractivity contribution in [1.29, 1.82) is 0 Å². The predicted octanol–water partition coefficient (Wildman–Crippen LogP) is 4.97. The van der Waals surface area contributed by atoms with Crippen molar-refractivity contribution in [3.8, 4) is 0 Å². The molecule has 144 valence electrons. The smallest absolute Gasteiger partial charge is 0.257 e. The Labute approximate surface area is 163 Å². The summed E-state index contributed by atoms with van der Waals surface area (Å²) >= 11 is 1.47. The highest BCUT2D eigenvalue weighted by atomic mass is 32.1. The second-order valence-corrected chi connectivity index (χ2v) is 7.97. The van der Waals surface area contributed by atoms with Gasteiger partial charge in [0.25, 0.3) is 5.91 Å². The number of carbonyl (C=O) groups is 2. The Morgan fingerprint density at radius 1 is 1.07 bits per heavy atom. The van der Waals surface area contributed by atoms with E-state index in [1.807, 2.05) is 0 Å². The number of anilines is 2. The number of rotatable bonds is 7. The van der Waals surface area contributed by atoms with E-state index in [2.05, 4.69) is 27.8 Å². The molecule has 0 atom stereocenters. The maximum atomic E-state index is 12.4. The van der Waals surface area contributed by atoms with E-state index in [0.29, 0.717) is 28.7 Å². The van der Waals surface area contributed by atoms with Crippen molar-refractivity contribution >= 4 is 34.0 Å². The summed E-state index contributed by atoms with van der Waals surface area (Å²) in [7, 11) is 0. The van der Waals surface area contributed by atoms with Gasteiger partial charge in [-0.15, -0.1) is 10.2 Å². The number of hydrogen-bond donors (Lipinski definition) is 2. The number of benzene rings is 1. The van der Waals surface area contributed by atoms with Gasteiger partial charge < -0.3 is 5.32 Å². The summed E-state index contributed by atoms with van der Waals surface area (Å²) in [6, 6.07) is 6.89. The topological polar surface area (TPSA) is 84.0 Å². The molecule has 3 rings (SSSR count). The molecule has 1 aromatic heterocycles. The van der Waals surface area contributed by atoms with Crippen LogP contribution < -0.4 is 10.6 Å². The van der Waals surface area contributed by atoms with Gasteiger partial charge in [0.15, 0.2) is 0 Å². The van der Waals surface area contributed by atoms with Crippen LogP contribution in [0.25, 0.3) is 0 Å². The molecular weight excluding hydrogens is 360 g/mol. The van der Waals surface area contributed by atoms with E-state index in [1.54, 1.807) is 24.3 Å². The van der Waals surface area contributed by atoms with E-state index in [-0.39, 0.29) is 11.8 Å². The molecule has 2 N–H and O–H groups in total. The summed E-state index contributed by atoms with van der Waals surface area (Å²) < 4.78 is 0. The minimum atomic E-state index is -0.217. The van der Waals surface area contributed by atoms with Gasteiger partial charge in [-0.1, -0.05) is 43.9 Å². The minimum Gasteiger partial charge on any atom is -0.326 e. The molecule has 2 amide bonds. The first-order valence-electron chi connectivity index (χ1n) is 9.70. The third kappa shape index (κ3) is 5.60. The Morgan fingerprint density at radius 3 is 2.52 bits per heavy atom. The van der Waals surface area contributed by atoms with Crippen molar-refractivity contribution in [3.05, 3.63) is 34.8 Å². The van der Waals surface area contributed by atoms with Gasteiger partial charge in [-0.25, -0.2) is 0 Å². The normalized spacial score (nSPS) is 14.7. The lowest BCUT2D eigenvalue weighted by atomic mass is 9.90. The number of hydrogen-bond acceptors (Lipinski definition) is 5. The first-order valence-corrected chi connectivity index (χ1v) is 10.5. The molecular formula is C20H26N4O2S. The van der Waals surface area contributed by atoms with Gasteiger partial charge in [0.2, 0.25) is 11.0 Å². The van der Waals surface area contributed by atoms with Gasteiger partial charge in [-0.2, -0.15) is 0 Å². The number of unbranched alkanes of at least 4 members (excludes halogenated alkanes) is 1. The molecule has 0 aliphatic heterocycles. The fourth-order valence-corrected chi connectivity index (χ4v) is 4.14. The summed E-state index contributed by atoms with van der Waals surface area (Å²) in [5, 5.41) is 15.6. The van der Waals surface area contributed by atoms with Crippen LogP contribution in [0.2, 0.25) is 0 Å². The lowest BCUT2D eigenvalue weighted by molar-refractivity contribution is -0.116. The highest BCUT2D eigenvalue weighted by molar-refractivity contribution is 7.15. The lowest BCUT2D eigenvalue weighted by Gasteiger charge is -2.18. The lowest BCUT2D eigenvalue weighted by Crippen LogP contribution is -2.13. The second-order valence-electron chi connectivity index (χ2n) is 6.96. The first kappa shape index (κ1) is 19.5. The summed E-state index contributed by atoms with van der Waals surface area (Å²) in [6.45, 7) is 2.05. The predicted molar refractivity (Wildman–Crippen MR) is 108 cm³/mol. The zero-order chi connectivity index (χ0) is 19.1. The molecule has 7 heteroatoms. The molecule has 1 saturated carbocycles. The molecule has 1 aliphatic carbocycles. The maximum absolute atomic E-state index is 12.4. The van der Waals surface area contributed by atoms with Gasteiger partial charge in [0, 0.05) is 23.6 Å². The first-order chi connectivity index (χ1) is 13.2. The van der Waals surface area contributed by atoms with E-state index in [1.165, 1.54) is 30.6 Å². The highest BCUT2D eigenvalue weighted by Gasteiger charge is 2.20. The summed E-state index contributed by atoms with van der Waals surface area (Å²) in [4.78, 5) is 24.2. The van der Waals surface area contributed by atoms with Crippen molar-refractivity contribution in [2.24, 2.45) is 0 Å². The van der Waals surface area contributed by atoms with Gasteiger partial charge >= 0.3 is 0 Å². The van der Waals surface area contributed by atoms with Crippen LogP contribution >= 0.6 is 11.3 Å². The molecule has 0 saturated heterocycles. The van der Waals surface area contributed by atoms with Gasteiger partial charge in [-0.3, -0.25) is 14.9 Å². The maximum Gasteiger partial charge on any atom is 0.257 e. The number of nitrogens with zero attached hydrogens (tertiary/aromatic N) is 2. The average molecular weight is 387 g/mol. The fourth-order valence-electron chi connectivity index (χ4n) is 3.23. The van der Waals surface area contributed by atoms with E-state index in [9.17, 15) is 9.59 Å². The van der Waals surface area contributed by atoms with E-state index < -0.39 is 0 Å².